The number of rotatable bonds is 2. The number of nitrogens with zero attached hydrogens (tertiary/aromatic N) is 1. The van der Waals surface area contributed by atoms with Crippen LogP contribution in [0.25, 0.3) is 22.6 Å². The Morgan fingerprint density at radius 2 is 2.11 bits per heavy atom. The van der Waals surface area contributed by atoms with Gasteiger partial charge in [0.25, 0.3) is 0 Å². The van der Waals surface area contributed by atoms with E-state index in [-0.39, 0.29) is 5.88 Å². The average molecular weight is 275 g/mol. The molecule has 96 valence electrons. The second-order valence-corrected chi connectivity index (χ2v) is 4.65. The summed E-state index contributed by atoms with van der Waals surface area (Å²) in [5.41, 5.74) is 8.96. The van der Waals surface area contributed by atoms with Gasteiger partial charge < -0.3 is 14.7 Å². The number of hydrogen-bond acceptors (Lipinski definition) is 4. The fourth-order valence-corrected chi connectivity index (χ4v) is 2.19. The third-order valence-electron chi connectivity index (χ3n) is 2.91. The second-order valence-electron chi connectivity index (χ2n) is 4.21. The molecule has 0 radical (unpaired) electrons. The monoisotopic (exact) mass is 274 g/mol. The summed E-state index contributed by atoms with van der Waals surface area (Å²) in [6.07, 6.45) is 1.61. The van der Waals surface area contributed by atoms with Crippen LogP contribution in [0, 0.1) is 6.92 Å². The Bertz CT molecular complexity index is 731. The first-order valence-electron chi connectivity index (χ1n) is 5.72. The van der Waals surface area contributed by atoms with Gasteiger partial charge in [-0.05, 0) is 36.2 Å². The molecular weight excluding hydrogens is 264 g/mol. The smallest absolute Gasteiger partial charge is 0.230 e. The van der Waals surface area contributed by atoms with Crippen molar-refractivity contribution in [2.75, 3.05) is 5.73 Å². The zero-order valence-corrected chi connectivity index (χ0v) is 10.9. The van der Waals surface area contributed by atoms with Gasteiger partial charge in [-0.1, -0.05) is 28.9 Å². The standard InChI is InChI=1S/C14H11ClN2O2/c1-8-5-6-18-13(8)12-11(14(16)19-17-12)9-3-2-4-10(15)7-9/h2-7H,16H2,1H3. The fraction of sp³-hybridized carbons (Fsp3) is 0.0714. The maximum atomic E-state index is 6.01. The van der Waals surface area contributed by atoms with E-state index >= 15 is 0 Å². The van der Waals surface area contributed by atoms with Crippen LogP contribution in [0.1, 0.15) is 5.56 Å². The SMILES string of the molecule is Cc1ccoc1-c1noc(N)c1-c1cccc(Cl)c1. The van der Waals surface area contributed by atoms with E-state index in [0.717, 1.165) is 11.1 Å². The zero-order chi connectivity index (χ0) is 13.4. The number of aromatic nitrogens is 1. The molecule has 3 rings (SSSR count). The normalized spacial score (nSPS) is 10.8. The first-order chi connectivity index (χ1) is 9.16. The molecule has 0 unspecified atom stereocenters. The lowest BCUT2D eigenvalue weighted by Gasteiger charge is -2.02. The molecule has 0 amide bonds. The van der Waals surface area contributed by atoms with Gasteiger partial charge in [0.05, 0.1) is 11.8 Å². The molecule has 0 saturated heterocycles. The molecule has 5 heteroatoms. The van der Waals surface area contributed by atoms with Crippen molar-refractivity contribution in [3.05, 3.63) is 47.2 Å². The summed E-state index contributed by atoms with van der Waals surface area (Å²) in [4.78, 5) is 0. The Balaban J connectivity index is 2.22. The molecule has 0 saturated carbocycles. The van der Waals surface area contributed by atoms with E-state index in [4.69, 9.17) is 26.3 Å². The summed E-state index contributed by atoms with van der Waals surface area (Å²) in [6, 6.07) is 9.22. The van der Waals surface area contributed by atoms with E-state index in [9.17, 15) is 0 Å². The Morgan fingerprint density at radius 3 is 2.79 bits per heavy atom. The van der Waals surface area contributed by atoms with Gasteiger partial charge in [0.2, 0.25) is 5.88 Å². The molecule has 0 aliphatic rings. The number of furan rings is 1. The van der Waals surface area contributed by atoms with E-state index in [1.807, 2.05) is 31.2 Å². The number of nitrogen functional groups attached to an aromatic ring is 1. The van der Waals surface area contributed by atoms with Crippen LogP contribution < -0.4 is 5.73 Å². The molecular formula is C14H11ClN2O2. The fourth-order valence-electron chi connectivity index (χ4n) is 2.00. The molecule has 0 aliphatic carbocycles. The molecule has 0 atom stereocenters. The molecule has 2 heterocycles. The van der Waals surface area contributed by atoms with Crippen LogP contribution in [0.3, 0.4) is 0 Å². The summed E-state index contributed by atoms with van der Waals surface area (Å²) in [5, 5.41) is 4.61. The molecule has 1 aromatic carbocycles. The van der Waals surface area contributed by atoms with Crippen LogP contribution >= 0.6 is 11.6 Å². The molecule has 3 aromatic rings. The number of aryl methyl sites for hydroxylation is 1. The van der Waals surface area contributed by atoms with Gasteiger partial charge in [-0.2, -0.15) is 0 Å². The van der Waals surface area contributed by atoms with Gasteiger partial charge in [-0.3, -0.25) is 0 Å². The molecule has 2 N–H and O–H groups in total. The lowest BCUT2D eigenvalue weighted by atomic mass is 10.0. The highest BCUT2D eigenvalue weighted by atomic mass is 35.5. The van der Waals surface area contributed by atoms with Crippen molar-refractivity contribution < 1.29 is 8.94 Å². The predicted octanol–water partition coefficient (Wildman–Crippen LogP) is 4.15. The largest absolute Gasteiger partial charge is 0.462 e. The van der Waals surface area contributed by atoms with Gasteiger partial charge in [-0.15, -0.1) is 0 Å². The lowest BCUT2D eigenvalue weighted by molar-refractivity contribution is 0.435. The van der Waals surface area contributed by atoms with Crippen LogP contribution in [-0.2, 0) is 0 Å². The minimum atomic E-state index is 0.244. The van der Waals surface area contributed by atoms with E-state index in [0.29, 0.717) is 22.0 Å². The van der Waals surface area contributed by atoms with E-state index in [1.165, 1.54) is 0 Å². The summed E-state index contributed by atoms with van der Waals surface area (Å²) >= 11 is 6.01. The highest BCUT2D eigenvalue weighted by molar-refractivity contribution is 6.30. The highest BCUT2D eigenvalue weighted by Crippen LogP contribution is 2.38. The molecule has 0 spiro atoms. The van der Waals surface area contributed by atoms with Crippen LogP contribution in [0.15, 0.2) is 45.5 Å². The Labute approximate surface area is 114 Å². The van der Waals surface area contributed by atoms with Crippen LogP contribution in [0.5, 0.6) is 0 Å². The maximum Gasteiger partial charge on any atom is 0.230 e. The maximum absolute atomic E-state index is 6.01. The molecule has 0 bridgehead atoms. The number of nitrogens with two attached hydrogens (primary N) is 1. The Morgan fingerprint density at radius 1 is 1.26 bits per heavy atom. The minimum Gasteiger partial charge on any atom is -0.462 e. The lowest BCUT2D eigenvalue weighted by Crippen LogP contribution is -1.87. The summed E-state index contributed by atoms with van der Waals surface area (Å²) < 4.78 is 10.5. The van der Waals surface area contributed by atoms with Crippen LogP contribution in [-0.4, -0.2) is 5.16 Å². The van der Waals surface area contributed by atoms with Gasteiger partial charge >= 0.3 is 0 Å². The van der Waals surface area contributed by atoms with Crippen molar-refractivity contribution in [2.45, 2.75) is 6.92 Å². The number of anilines is 1. The van der Waals surface area contributed by atoms with E-state index < -0.39 is 0 Å². The molecule has 4 nitrogen and oxygen atoms in total. The molecule has 19 heavy (non-hydrogen) atoms. The van der Waals surface area contributed by atoms with Crippen molar-refractivity contribution in [3.8, 4) is 22.6 Å². The van der Waals surface area contributed by atoms with E-state index in [2.05, 4.69) is 5.16 Å². The second kappa shape index (κ2) is 4.48. The van der Waals surface area contributed by atoms with Crippen molar-refractivity contribution in [1.29, 1.82) is 0 Å². The Hall–Kier alpha value is -2.20. The summed E-state index contributed by atoms with van der Waals surface area (Å²) in [6.45, 7) is 1.94. The van der Waals surface area contributed by atoms with Crippen molar-refractivity contribution in [3.63, 3.8) is 0 Å². The zero-order valence-electron chi connectivity index (χ0n) is 10.2. The molecule has 0 aliphatic heterocycles. The number of benzene rings is 1. The number of halogens is 1. The third kappa shape index (κ3) is 2.00. The minimum absolute atomic E-state index is 0.244. The predicted molar refractivity (Wildman–Crippen MR) is 73.8 cm³/mol. The van der Waals surface area contributed by atoms with Crippen molar-refractivity contribution in [1.82, 2.24) is 5.16 Å². The van der Waals surface area contributed by atoms with Gasteiger partial charge in [0.1, 0.15) is 0 Å². The van der Waals surface area contributed by atoms with Crippen molar-refractivity contribution in [2.24, 2.45) is 0 Å². The molecule has 2 aromatic heterocycles. The average Bonchev–Trinajstić information content (AvgIpc) is 2.95. The van der Waals surface area contributed by atoms with Crippen LogP contribution in [0.2, 0.25) is 5.02 Å². The van der Waals surface area contributed by atoms with E-state index in [1.54, 1.807) is 12.3 Å². The first-order valence-corrected chi connectivity index (χ1v) is 6.10. The third-order valence-corrected chi connectivity index (χ3v) is 3.14. The van der Waals surface area contributed by atoms with Gasteiger partial charge in [0, 0.05) is 5.02 Å². The highest BCUT2D eigenvalue weighted by Gasteiger charge is 2.21. The first kappa shape index (κ1) is 11.9. The Kier molecular flexibility index (Phi) is 2.80. The van der Waals surface area contributed by atoms with Gasteiger partial charge in [0.15, 0.2) is 11.5 Å². The van der Waals surface area contributed by atoms with Crippen molar-refractivity contribution >= 4 is 17.5 Å². The topological polar surface area (TPSA) is 65.2 Å². The quantitative estimate of drug-likeness (QED) is 0.762. The summed E-state index contributed by atoms with van der Waals surface area (Å²) in [7, 11) is 0. The van der Waals surface area contributed by atoms with Gasteiger partial charge in [-0.25, -0.2) is 0 Å². The number of hydrogen-bond donors (Lipinski definition) is 1. The summed E-state index contributed by atoms with van der Waals surface area (Å²) in [5.74, 6) is 0.892. The van der Waals surface area contributed by atoms with Crippen LogP contribution in [0.4, 0.5) is 5.88 Å². The molecule has 0 fully saturated rings.